The molecule has 1 aliphatic heterocycles. The molecule has 3 heterocycles. The van der Waals surface area contributed by atoms with Crippen LogP contribution in [0.5, 0.6) is 0 Å². The van der Waals surface area contributed by atoms with Crippen LogP contribution in [0.1, 0.15) is 24.5 Å². The third-order valence-corrected chi connectivity index (χ3v) is 3.27. The molecule has 88 valence electrons. The molecule has 0 atom stereocenters. The summed E-state index contributed by atoms with van der Waals surface area (Å²) in [4.78, 5) is 0. The molecule has 1 aliphatic rings. The summed E-state index contributed by atoms with van der Waals surface area (Å²) in [5.41, 5.74) is 3.25. The summed E-state index contributed by atoms with van der Waals surface area (Å²) in [5, 5.41) is 18.7. The Morgan fingerprint density at radius 2 is 2.00 bits per heavy atom. The second-order valence-corrected chi connectivity index (χ2v) is 4.32. The highest BCUT2D eigenvalue weighted by Crippen LogP contribution is 2.30. The molecular weight excluding hydrogens is 214 g/mol. The molecule has 0 unspecified atom stereocenters. The molecule has 5 nitrogen and oxygen atoms in total. The minimum Gasteiger partial charge on any atom is -0.317 e. The van der Waals surface area contributed by atoms with Crippen LogP contribution >= 0.6 is 0 Å². The SMILES string of the molecule is c1cc(-c2ccn[nH]2)c(C2CCNCC2)nn1. The van der Waals surface area contributed by atoms with Crippen LogP contribution in [0.15, 0.2) is 24.5 Å². The molecule has 0 aliphatic carbocycles. The number of nitrogens with one attached hydrogen (secondary N) is 2. The summed E-state index contributed by atoms with van der Waals surface area (Å²) >= 11 is 0. The van der Waals surface area contributed by atoms with Crippen LogP contribution < -0.4 is 5.32 Å². The first kappa shape index (κ1) is 10.4. The Bertz CT molecular complexity index is 473. The fraction of sp³-hybridized carbons (Fsp3) is 0.417. The fourth-order valence-electron chi connectivity index (χ4n) is 2.37. The number of hydrogen-bond acceptors (Lipinski definition) is 4. The van der Waals surface area contributed by atoms with E-state index in [-0.39, 0.29) is 0 Å². The number of nitrogens with zero attached hydrogens (tertiary/aromatic N) is 3. The van der Waals surface area contributed by atoms with E-state index in [0.29, 0.717) is 5.92 Å². The lowest BCUT2D eigenvalue weighted by molar-refractivity contribution is 0.451. The highest BCUT2D eigenvalue weighted by molar-refractivity contribution is 5.61. The van der Waals surface area contributed by atoms with Gasteiger partial charge in [0.05, 0.1) is 17.6 Å². The highest BCUT2D eigenvalue weighted by Gasteiger charge is 2.20. The Hall–Kier alpha value is -1.75. The van der Waals surface area contributed by atoms with Crippen LogP contribution in [-0.2, 0) is 0 Å². The normalized spacial score (nSPS) is 17.2. The number of rotatable bonds is 2. The standard InChI is InChI=1S/C12H15N5/c1-5-13-6-2-9(1)12-10(3-7-15-17-12)11-4-8-14-16-11/h3-4,7-9,13H,1-2,5-6H2,(H,14,16). The van der Waals surface area contributed by atoms with Gasteiger partial charge in [-0.2, -0.15) is 15.3 Å². The minimum absolute atomic E-state index is 0.503. The van der Waals surface area contributed by atoms with Gasteiger partial charge in [-0.05, 0) is 38.1 Å². The Kier molecular flexibility index (Phi) is 2.83. The van der Waals surface area contributed by atoms with E-state index in [9.17, 15) is 0 Å². The first-order valence-corrected chi connectivity index (χ1v) is 5.97. The van der Waals surface area contributed by atoms with Crippen LogP contribution in [0.4, 0.5) is 0 Å². The summed E-state index contributed by atoms with van der Waals surface area (Å²) in [6, 6.07) is 3.99. The molecular formula is C12H15N5. The van der Waals surface area contributed by atoms with Gasteiger partial charge in [0.2, 0.25) is 0 Å². The predicted molar refractivity (Wildman–Crippen MR) is 64.5 cm³/mol. The van der Waals surface area contributed by atoms with Gasteiger partial charge in [0.1, 0.15) is 0 Å². The number of H-pyrrole nitrogens is 1. The highest BCUT2D eigenvalue weighted by atomic mass is 15.1. The van der Waals surface area contributed by atoms with E-state index in [0.717, 1.165) is 42.9 Å². The van der Waals surface area contributed by atoms with Crippen LogP contribution in [0, 0.1) is 0 Å². The summed E-state index contributed by atoms with van der Waals surface area (Å²) in [5.74, 6) is 0.503. The maximum Gasteiger partial charge on any atom is 0.0756 e. The lowest BCUT2D eigenvalue weighted by Crippen LogP contribution is -2.27. The molecule has 1 fully saturated rings. The van der Waals surface area contributed by atoms with Gasteiger partial charge in [-0.25, -0.2) is 0 Å². The molecule has 2 aromatic rings. The van der Waals surface area contributed by atoms with Gasteiger partial charge in [0.15, 0.2) is 0 Å². The predicted octanol–water partition coefficient (Wildman–Crippen LogP) is 1.33. The minimum atomic E-state index is 0.503. The Morgan fingerprint density at radius 3 is 2.76 bits per heavy atom. The van der Waals surface area contributed by atoms with Crippen LogP contribution in [0.3, 0.4) is 0 Å². The van der Waals surface area contributed by atoms with Crippen LogP contribution in [-0.4, -0.2) is 33.5 Å². The average Bonchev–Trinajstić information content (AvgIpc) is 2.94. The average molecular weight is 229 g/mol. The van der Waals surface area contributed by atoms with E-state index in [1.54, 1.807) is 12.4 Å². The number of aromatic amines is 1. The largest absolute Gasteiger partial charge is 0.317 e. The Labute approximate surface area is 99.7 Å². The van der Waals surface area contributed by atoms with E-state index >= 15 is 0 Å². The zero-order chi connectivity index (χ0) is 11.5. The van der Waals surface area contributed by atoms with Crippen molar-refractivity contribution in [3.05, 3.63) is 30.2 Å². The fourth-order valence-corrected chi connectivity index (χ4v) is 2.37. The number of aromatic nitrogens is 4. The van der Waals surface area contributed by atoms with Crippen molar-refractivity contribution in [3.8, 4) is 11.3 Å². The van der Waals surface area contributed by atoms with E-state index < -0.39 is 0 Å². The van der Waals surface area contributed by atoms with E-state index in [1.165, 1.54) is 0 Å². The molecule has 0 bridgehead atoms. The molecule has 0 spiro atoms. The van der Waals surface area contributed by atoms with Crippen LogP contribution in [0.2, 0.25) is 0 Å². The van der Waals surface area contributed by atoms with Crippen molar-refractivity contribution in [2.75, 3.05) is 13.1 Å². The maximum absolute atomic E-state index is 4.33. The van der Waals surface area contributed by atoms with Gasteiger partial charge in [-0.3, -0.25) is 5.10 Å². The van der Waals surface area contributed by atoms with Crippen molar-refractivity contribution >= 4 is 0 Å². The molecule has 2 aromatic heterocycles. The maximum atomic E-state index is 4.33. The summed E-state index contributed by atoms with van der Waals surface area (Å²) < 4.78 is 0. The van der Waals surface area contributed by atoms with Crippen molar-refractivity contribution in [1.82, 2.24) is 25.7 Å². The van der Waals surface area contributed by atoms with E-state index in [1.807, 2.05) is 12.1 Å². The topological polar surface area (TPSA) is 66.5 Å². The second-order valence-electron chi connectivity index (χ2n) is 4.32. The van der Waals surface area contributed by atoms with Crippen molar-refractivity contribution < 1.29 is 0 Å². The number of hydrogen-bond donors (Lipinski definition) is 2. The zero-order valence-electron chi connectivity index (χ0n) is 9.56. The Balaban J connectivity index is 1.98. The van der Waals surface area contributed by atoms with E-state index in [2.05, 4.69) is 25.7 Å². The van der Waals surface area contributed by atoms with Gasteiger partial charge in [0.25, 0.3) is 0 Å². The summed E-state index contributed by atoms with van der Waals surface area (Å²) in [6.07, 6.45) is 5.75. The molecule has 0 amide bonds. The van der Waals surface area contributed by atoms with Gasteiger partial charge >= 0.3 is 0 Å². The van der Waals surface area contributed by atoms with E-state index in [4.69, 9.17) is 0 Å². The second kappa shape index (κ2) is 4.63. The molecule has 0 radical (unpaired) electrons. The smallest absolute Gasteiger partial charge is 0.0756 e. The van der Waals surface area contributed by atoms with Gasteiger partial charge < -0.3 is 5.32 Å². The van der Waals surface area contributed by atoms with Crippen molar-refractivity contribution in [3.63, 3.8) is 0 Å². The molecule has 3 rings (SSSR count). The Morgan fingerprint density at radius 1 is 1.12 bits per heavy atom. The summed E-state index contributed by atoms with van der Waals surface area (Å²) in [7, 11) is 0. The van der Waals surface area contributed by atoms with Crippen LogP contribution in [0.25, 0.3) is 11.3 Å². The van der Waals surface area contributed by atoms with Crippen molar-refractivity contribution in [1.29, 1.82) is 0 Å². The third-order valence-electron chi connectivity index (χ3n) is 3.27. The molecule has 5 heteroatoms. The van der Waals surface area contributed by atoms with Crippen molar-refractivity contribution in [2.45, 2.75) is 18.8 Å². The molecule has 2 N–H and O–H groups in total. The molecule has 17 heavy (non-hydrogen) atoms. The first-order valence-electron chi connectivity index (χ1n) is 5.97. The molecule has 1 saturated heterocycles. The summed E-state index contributed by atoms with van der Waals surface area (Å²) in [6.45, 7) is 2.12. The van der Waals surface area contributed by atoms with Crippen molar-refractivity contribution in [2.24, 2.45) is 0 Å². The molecule has 0 saturated carbocycles. The first-order chi connectivity index (χ1) is 8.45. The monoisotopic (exact) mass is 229 g/mol. The van der Waals surface area contributed by atoms with Gasteiger partial charge in [-0.1, -0.05) is 0 Å². The lowest BCUT2D eigenvalue weighted by Gasteiger charge is -2.23. The third kappa shape index (κ3) is 2.06. The molecule has 0 aromatic carbocycles. The van der Waals surface area contributed by atoms with Gasteiger partial charge in [0, 0.05) is 17.7 Å². The number of piperidine rings is 1. The quantitative estimate of drug-likeness (QED) is 0.815. The lowest BCUT2D eigenvalue weighted by atomic mass is 9.91. The van der Waals surface area contributed by atoms with Gasteiger partial charge in [-0.15, -0.1) is 0 Å². The zero-order valence-corrected chi connectivity index (χ0v) is 9.56.